The van der Waals surface area contributed by atoms with Crippen LogP contribution in [0.2, 0.25) is 0 Å². The molecule has 1 spiro atoms. The molecule has 0 atom stereocenters. The van der Waals surface area contributed by atoms with Crippen LogP contribution in [-0.4, -0.2) is 30.1 Å². The molecular formula is C14H23ClN2S. The van der Waals surface area contributed by atoms with Crippen molar-refractivity contribution in [3.63, 3.8) is 0 Å². The first-order valence-electron chi connectivity index (χ1n) is 6.86. The van der Waals surface area contributed by atoms with E-state index in [2.05, 4.69) is 27.0 Å². The number of halogens is 1. The first kappa shape index (κ1) is 14.3. The van der Waals surface area contributed by atoms with Gasteiger partial charge in [-0.15, -0.1) is 12.4 Å². The normalized spacial score (nSPS) is 23.8. The Labute approximate surface area is 120 Å². The Hall–Kier alpha value is -0.0900. The van der Waals surface area contributed by atoms with Crippen molar-refractivity contribution in [2.75, 3.05) is 19.6 Å². The quantitative estimate of drug-likeness (QED) is 0.898. The van der Waals surface area contributed by atoms with Gasteiger partial charge in [-0.1, -0.05) is 19.3 Å². The summed E-state index contributed by atoms with van der Waals surface area (Å²) >= 11 is 1.82. The van der Waals surface area contributed by atoms with Gasteiger partial charge in [0.25, 0.3) is 0 Å². The Kier molecular flexibility index (Phi) is 5.07. The Morgan fingerprint density at radius 1 is 1.28 bits per heavy atom. The van der Waals surface area contributed by atoms with Crippen molar-refractivity contribution in [1.29, 1.82) is 0 Å². The molecule has 2 nitrogen and oxygen atoms in total. The predicted molar refractivity (Wildman–Crippen MR) is 80.7 cm³/mol. The number of thiophene rings is 1. The number of hydrogen-bond donors (Lipinski definition) is 1. The van der Waals surface area contributed by atoms with Crippen LogP contribution in [0.15, 0.2) is 16.8 Å². The van der Waals surface area contributed by atoms with Crippen LogP contribution in [0.1, 0.15) is 37.7 Å². The average Bonchev–Trinajstić information content (AvgIpc) is 2.86. The van der Waals surface area contributed by atoms with Gasteiger partial charge < -0.3 is 5.32 Å². The van der Waals surface area contributed by atoms with E-state index in [0.29, 0.717) is 5.54 Å². The molecule has 0 aromatic carbocycles. The van der Waals surface area contributed by atoms with E-state index in [9.17, 15) is 0 Å². The van der Waals surface area contributed by atoms with Crippen molar-refractivity contribution in [2.45, 2.75) is 44.2 Å². The fourth-order valence-corrected chi connectivity index (χ4v) is 4.10. The molecule has 18 heavy (non-hydrogen) atoms. The molecular weight excluding hydrogens is 264 g/mol. The van der Waals surface area contributed by atoms with E-state index < -0.39 is 0 Å². The molecule has 2 aliphatic rings. The fraction of sp³-hybridized carbons (Fsp3) is 0.714. The van der Waals surface area contributed by atoms with Crippen LogP contribution in [-0.2, 0) is 6.54 Å². The lowest BCUT2D eigenvalue weighted by atomic mass is 9.79. The average molecular weight is 287 g/mol. The smallest absolute Gasteiger partial charge is 0.0338 e. The molecule has 2 heterocycles. The summed E-state index contributed by atoms with van der Waals surface area (Å²) < 4.78 is 0. The third kappa shape index (κ3) is 2.90. The molecule has 0 bridgehead atoms. The third-order valence-electron chi connectivity index (χ3n) is 4.42. The second kappa shape index (κ2) is 6.38. The van der Waals surface area contributed by atoms with Crippen molar-refractivity contribution in [3.05, 3.63) is 22.4 Å². The molecule has 1 aromatic heterocycles. The lowest BCUT2D eigenvalue weighted by Crippen LogP contribution is -2.61. The zero-order valence-corrected chi connectivity index (χ0v) is 12.5. The zero-order chi connectivity index (χ0) is 11.6. The van der Waals surface area contributed by atoms with Gasteiger partial charge in [0, 0.05) is 31.7 Å². The van der Waals surface area contributed by atoms with Gasteiger partial charge in [0.05, 0.1) is 0 Å². The van der Waals surface area contributed by atoms with Crippen molar-refractivity contribution in [3.8, 4) is 0 Å². The minimum Gasteiger partial charge on any atom is -0.314 e. The summed E-state index contributed by atoms with van der Waals surface area (Å²) in [5.74, 6) is 0. The molecule has 102 valence electrons. The van der Waals surface area contributed by atoms with Crippen LogP contribution < -0.4 is 5.32 Å². The molecule has 4 heteroatoms. The Balaban J connectivity index is 0.00000120. The molecule has 1 N–H and O–H groups in total. The summed E-state index contributed by atoms with van der Waals surface area (Å²) in [7, 11) is 0. The predicted octanol–water partition coefficient (Wildman–Crippen LogP) is 3.28. The monoisotopic (exact) mass is 286 g/mol. The molecule has 1 saturated heterocycles. The van der Waals surface area contributed by atoms with E-state index in [1.54, 1.807) is 0 Å². The van der Waals surface area contributed by atoms with E-state index in [1.165, 1.54) is 50.8 Å². The van der Waals surface area contributed by atoms with Gasteiger partial charge in [0.2, 0.25) is 0 Å². The lowest BCUT2D eigenvalue weighted by Gasteiger charge is -2.50. The van der Waals surface area contributed by atoms with Gasteiger partial charge in [0.1, 0.15) is 0 Å². The lowest BCUT2D eigenvalue weighted by molar-refractivity contribution is 0.0210. The minimum absolute atomic E-state index is 0. The zero-order valence-electron chi connectivity index (χ0n) is 10.9. The summed E-state index contributed by atoms with van der Waals surface area (Å²) in [5, 5.41) is 8.12. The number of nitrogens with zero attached hydrogens (tertiary/aromatic N) is 1. The van der Waals surface area contributed by atoms with Crippen LogP contribution >= 0.6 is 23.7 Å². The number of piperazine rings is 1. The molecule has 2 fully saturated rings. The Morgan fingerprint density at radius 3 is 2.83 bits per heavy atom. The first-order chi connectivity index (χ1) is 8.39. The summed E-state index contributed by atoms with van der Waals surface area (Å²) in [6.45, 7) is 4.74. The van der Waals surface area contributed by atoms with Crippen molar-refractivity contribution >= 4 is 23.7 Å². The molecule has 1 aromatic rings. The minimum atomic E-state index is 0. The van der Waals surface area contributed by atoms with Gasteiger partial charge in [0.15, 0.2) is 0 Å². The molecule has 1 saturated carbocycles. The van der Waals surface area contributed by atoms with E-state index in [0.717, 1.165) is 13.1 Å². The fourth-order valence-electron chi connectivity index (χ4n) is 3.44. The summed E-state index contributed by atoms with van der Waals surface area (Å²) in [4.78, 5) is 2.75. The van der Waals surface area contributed by atoms with E-state index >= 15 is 0 Å². The Bertz CT molecular complexity index is 338. The maximum Gasteiger partial charge on any atom is 0.0338 e. The number of hydrogen-bond acceptors (Lipinski definition) is 3. The molecule has 1 aliphatic heterocycles. The Morgan fingerprint density at radius 2 is 2.11 bits per heavy atom. The summed E-state index contributed by atoms with van der Waals surface area (Å²) in [6, 6.07) is 2.28. The van der Waals surface area contributed by atoms with Gasteiger partial charge in [-0.25, -0.2) is 0 Å². The van der Waals surface area contributed by atoms with Gasteiger partial charge in [-0.05, 0) is 35.2 Å². The highest BCUT2D eigenvalue weighted by Gasteiger charge is 2.39. The largest absolute Gasteiger partial charge is 0.314 e. The highest BCUT2D eigenvalue weighted by molar-refractivity contribution is 7.07. The number of nitrogens with one attached hydrogen (secondary N) is 1. The highest BCUT2D eigenvalue weighted by atomic mass is 35.5. The van der Waals surface area contributed by atoms with E-state index in [-0.39, 0.29) is 12.4 Å². The van der Waals surface area contributed by atoms with Crippen LogP contribution in [0.5, 0.6) is 0 Å². The molecule has 0 unspecified atom stereocenters. The standard InChI is InChI=1S/C14H22N2S.ClH/c1-2-5-14(6-3-1)12-15-7-8-16(14)10-13-4-9-17-11-13;/h4,9,11,15H,1-3,5-8,10,12H2;1H. The van der Waals surface area contributed by atoms with Crippen molar-refractivity contribution in [2.24, 2.45) is 0 Å². The summed E-state index contributed by atoms with van der Waals surface area (Å²) in [5.41, 5.74) is 1.97. The second-order valence-electron chi connectivity index (χ2n) is 5.51. The van der Waals surface area contributed by atoms with E-state index in [1.807, 2.05) is 11.3 Å². The van der Waals surface area contributed by atoms with Gasteiger partial charge >= 0.3 is 0 Å². The van der Waals surface area contributed by atoms with Gasteiger partial charge in [-0.3, -0.25) is 4.90 Å². The van der Waals surface area contributed by atoms with Crippen LogP contribution in [0.4, 0.5) is 0 Å². The maximum atomic E-state index is 3.62. The van der Waals surface area contributed by atoms with Crippen LogP contribution in [0, 0.1) is 0 Å². The van der Waals surface area contributed by atoms with Crippen molar-refractivity contribution in [1.82, 2.24) is 10.2 Å². The van der Waals surface area contributed by atoms with Crippen LogP contribution in [0.25, 0.3) is 0 Å². The highest BCUT2D eigenvalue weighted by Crippen LogP contribution is 2.35. The van der Waals surface area contributed by atoms with E-state index in [4.69, 9.17) is 0 Å². The van der Waals surface area contributed by atoms with Gasteiger partial charge in [-0.2, -0.15) is 11.3 Å². The topological polar surface area (TPSA) is 15.3 Å². The molecule has 3 rings (SSSR count). The first-order valence-corrected chi connectivity index (χ1v) is 7.80. The second-order valence-corrected chi connectivity index (χ2v) is 6.29. The van der Waals surface area contributed by atoms with Crippen LogP contribution in [0.3, 0.4) is 0 Å². The molecule has 0 radical (unpaired) electrons. The number of rotatable bonds is 2. The summed E-state index contributed by atoms with van der Waals surface area (Å²) in [6.07, 6.45) is 7.06. The maximum absolute atomic E-state index is 3.62. The van der Waals surface area contributed by atoms with Crippen molar-refractivity contribution < 1.29 is 0 Å². The SMILES string of the molecule is Cl.c1cc(CN2CCNCC23CCCCC3)cs1. The molecule has 0 amide bonds. The third-order valence-corrected chi connectivity index (χ3v) is 5.15. The molecule has 1 aliphatic carbocycles.